The number of fused-ring (bicyclic) bond motifs is 2. The molecule has 1 aliphatic carbocycles. The Hall–Kier alpha value is -0.150. The van der Waals surface area contributed by atoms with Gasteiger partial charge >= 0.3 is 0 Å². The van der Waals surface area contributed by atoms with Crippen molar-refractivity contribution in [3.63, 3.8) is 0 Å². The van der Waals surface area contributed by atoms with Gasteiger partial charge in [0.25, 0.3) is 0 Å². The third-order valence-electron chi connectivity index (χ3n) is 4.42. The van der Waals surface area contributed by atoms with Crippen LogP contribution in [0.2, 0.25) is 0 Å². The largest absolute Gasteiger partial charge is 0.383 e. The lowest BCUT2D eigenvalue weighted by Crippen LogP contribution is -2.46. The summed E-state index contributed by atoms with van der Waals surface area (Å²) in [6.45, 7) is 1.37. The summed E-state index contributed by atoms with van der Waals surface area (Å²) >= 11 is 0. The van der Waals surface area contributed by atoms with Crippen LogP contribution >= 0.6 is 0 Å². The van der Waals surface area contributed by atoms with E-state index >= 15 is 0 Å². The fourth-order valence-electron chi connectivity index (χ4n) is 3.65. The van der Waals surface area contributed by atoms with Gasteiger partial charge in [-0.25, -0.2) is 4.39 Å². The van der Waals surface area contributed by atoms with Gasteiger partial charge in [0.15, 0.2) is 0 Å². The van der Waals surface area contributed by atoms with Gasteiger partial charge in [0.2, 0.25) is 0 Å². The number of hydrogen-bond acceptors (Lipinski definition) is 2. The van der Waals surface area contributed by atoms with E-state index in [1.165, 1.54) is 19.3 Å². The molecule has 3 heteroatoms. The van der Waals surface area contributed by atoms with Crippen LogP contribution < -0.4 is 0 Å². The first-order valence-corrected chi connectivity index (χ1v) is 5.62. The molecule has 0 aromatic rings. The van der Waals surface area contributed by atoms with Crippen LogP contribution in [0.1, 0.15) is 32.1 Å². The van der Waals surface area contributed by atoms with Crippen molar-refractivity contribution >= 4 is 0 Å². The first kappa shape index (κ1) is 9.10. The summed E-state index contributed by atoms with van der Waals surface area (Å²) in [6.07, 6.45) is 5.05. The van der Waals surface area contributed by atoms with Crippen LogP contribution in [0.3, 0.4) is 0 Å². The van der Waals surface area contributed by atoms with E-state index in [2.05, 4.69) is 4.90 Å². The summed E-state index contributed by atoms with van der Waals surface area (Å²) in [6, 6.07) is 0. The van der Waals surface area contributed by atoms with Crippen LogP contribution in [0, 0.1) is 0 Å². The molecule has 0 radical (unpaired) electrons. The Kier molecular flexibility index (Phi) is 1.76. The van der Waals surface area contributed by atoms with Gasteiger partial charge in [-0.2, -0.15) is 0 Å². The van der Waals surface area contributed by atoms with Crippen LogP contribution in [0.4, 0.5) is 4.39 Å². The van der Waals surface area contributed by atoms with E-state index in [0.29, 0.717) is 18.5 Å². The molecule has 0 aromatic carbocycles. The van der Waals surface area contributed by atoms with Gasteiger partial charge < -0.3 is 4.74 Å². The highest BCUT2D eigenvalue weighted by molar-refractivity contribution is 5.19. The van der Waals surface area contributed by atoms with Gasteiger partial charge in [-0.1, -0.05) is 0 Å². The number of hydrogen-bond donors (Lipinski definition) is 0. The van der Waals surface area contributed by atoms with Crippen molar-refractivity contribution in [1.82, 2.24) is 4.90 Å². The molecule has 0 N–H and O–H groups in total. The molecular formula is C11H18FNO. The Morgan fingerprint density at radius 1 is 1.36 bits per heavy atom. The van der Waals surface area contributed by atoms with Gasteiger partial charge in [0.05, 0.1) is 6.61 Å². The summed E-state index contributed by atoms with van der Waals surface area (Å²) in [5.74, 6) is 0. The molecule has 0 bridgehead atoms. The van der Waals surface area contributed by atoms with Crippen LogP contribution in [0.15, 0.2) is 0 Å². The number of ether oxygens (including phenoxy) is 1. The zero-order valence-electron chi connectivity index (χ0n) is 8.76. The Morgan fingerprint density at radius 3 is 2.71 bits per heavy atom. The standard InChI is InChI=1S/C11H18FNO/c1-14-8-11-5-4-10(2-3-10)13(11)7-9(12)6-11/h9H,2-8H2,1H3/t9-,11+/m1/s1. The molecule has 2 nitrogen and oxygen atoms in total. The minimum absolute atomic E-state index is 0.0602. The van der Waals surface area contributed by atoms with Gasteiger partial charge in [-0.15, -0.1) is 0 Å². The third kappa shape index (κ3) is 1.03. The number of rotatable bonds is 2. The maximum atomic E-state index is 13.5. The lowest BCUT2D eigenvalue weighted by atomic mass is 9.94. The Bertz CT molecular complexity index is 254. The fraction of sp³-hybridized carbons (Fsp3) is 1.00. The van der Waals surface area contributed by atoms with E-state index < -0.39 is 6.17 Å². The van der Waals surface area contributed by atoms with E-state index in [1.54, 1.807) is 7.11 Å². The van der Waals surface area contributed by atoms with Crippen LogP contribution in [-0.2, 0) is 4.74 Å². The summed E-state index contributed by atoms with van der Waals surface area (Å²) in [4.78, 5) is 2.44. The molecule has 0 amide bonds. The smallest absolute Gasteiger partial charge is 0.115 e. The van der Waals surface area contributed by atoms with Crippen molar-refractivity contribution in [1.29, 1.82) is 0 Å². The van der Waals surface area contributed by atoms with Gasteiger partial charge in [-0.05, 0) is 25.7 Å². The normalized spacial score (nSPS) is 44.6. The summed E-state index contributed by atoms with van der Waals surface area (Å²) in [5.41, 5.74) is 0.462. The fourth-order valence-corrected chi connectivity index (χ4v) is 3.65. The zero-order valence-corrected chi connectivity index (χ0v) is 8.76. The number of halogens is 1. The number of nitrogens with zero attached hydrogens (tertiary/aromatic N) is 1. The van der Waals surface area contributed by atoms with E-state index in [4.69, 9.17) is 4.74 Å². The zero-order chi connectivity index (χ0) is 9.81. The predicted molar refractivity (Wildman–Crippen MR) is 52.0 cm³/mol. The molecule has 2 heterocycles. The van der Waals surface area contributed by atoms with Crippen molar-refractivity contribution in [3.8, 4) is 0 Å². The number of methoxy groups -OCH3 is 1. The molecule has 0 aromatic heterocycles. The average Bonchev–Trinajstić information content (AvgIpc) is 2.78. The molecule has 1 saturated carbocycles. The minimum atomic E-state index is -0.622. The lowest BCUT2D eigenvalue weighted by molar-refractivity contribution is 0.0445. The maximum Gasteiger partial charge on any atom is 0.115 e. The summed E-state index contributed by atoms with van der Waals surface area (Å²) < 4.78 is 18.8. The highest BCUT2D eigenvalue weighted by Gasteiger charge is 2.64. The first-order chi connectivity index (χ1) is 6.71. The second-order valence-electron chi connectivity index (χ2n) is 5.29. The summed E-state index contributed by atoms with van der Waals surface area (Å²) in [5, 5.41) is 0. The van der Waals surface area contributed by atoms with E-state index in [0.717, 1.165) is 13.0 Å². The van der Waals surface area contributed by atoms with E-state index in [1.807, 2.05) is 0 Å². The van der Waals surface area contributed by atoms with E-state index in [9.17, 15) is 4.39 Å². The second-order valence-corrected chi connectivity index (χ2v) is 5.29. The molecule has 14 heavy (non-hydrogen) atoms. The molecule has 2 atom stereocenters. The maximum absolute atomic E-state index is 13.5. The molecular weight excluding hydrogens is 181 g/mol. The quantitative estimate of drug-likeness (QED) is 0.671. The molecule has 3 aliphatic rings. The molecule has 80 valence electrons. The summed E-state index contributed by atoms with van der Waals surface area (Å²) in [7, 11) is 1.73. The van der Waals surface area contributed by atoms with Gasteiger partial charge in [0, 0.05) is 31.2 Å². The third-order valence-corrected chi connectivity index (χ3v) is 4.42. The van der Waals surface area contributed by atoms with Gasteiger partial charge in [-0.3, -0.25) is 4.90 Å². The monoisotopic (exact) mass is 199 g/mol. The minimum Gasteiger partial charge on any atom is -0.383 e. The van der Waals surface area contributed by atoms with E-state index in [-0.39, 0.29) is 5.54 Å². The SMILES string of the molecule is COC[C@@]12CCC3(CC3)N1C[C@H](F)C2. The second kappa shape index (κ2) is 2.70. The highest BCUT2D eigenvalue weighted by Crippen LogP contribution is 2.59. The average molecular weight is 199 g/mol. The molecule has 3 fully saturated rings. The van der Waals surface area contributed by atoms with Crippen molar-refractivity contribution < 1.29 is 9.13 Å². The molecule has 3 rings (SSSR count). The predicted octanol–water partition coefficient (Wildman–Crippen LogP) is 1.74. The molecule has 1 spiro atoms. The topological polar surface area (TPSA) is 12.5 Å². The van der Waals surface area contributed by atoms with Gasteiger partial charge in [0.1, 0.15) is 6.17 Å². The van der Waals surface area contributed by atoms with Crippen molar-refractivity contribution in [2.45, 2.75) is 49.4 Å². The molecule has 2 saturated heterocycles. The van der Waals surface area contributed by atoms with Crippen LogP contribution in [0.25, 0.3) is 0 Å². The Balaban J connectivity index is 1.87. The van der Waals surface area contributed by atoms with Crippen LogP contribution in [-0.4, -0.2) is 42.4 Å². The Labute approximate surface area is 84.4 Å². The van der Waals surface area contributed by atoms with Crippen molar-refractivity contribution in [3.05, 3.63) is 0 Å². The first-order valence-electron chi connectivity index (χ1n) is 5.62. The lowest BCUT2D eigenvalue weighted by Gasteiger charge is -2.34. The molecule has 2 aliphatic heterocycles. The van der Waals surface area contributed by atoms with Crippen molar-refractivity contribution in [2.24, 2.45) is 0 Å². The Morgan fingerprint density at radius 2 is 2.07 bits per heavy atom. The number of alkyl halides is 1. The molecule has 0 unspecified atom stereocenters. The van der Waals surface area contributed by atoms with Crippen LogP contribution in [0.5, 0.6) is 0 Å². The highest BCUT2D eigenvalue weighted by atomic mass is 19.1. The van der Waals surface area contributed by atoms with Crippen molar-refractivity contribution in [2.75, 3.05) is 20.3 Å².